The second-order valence-electron chi connectivity index (χ2n) is 2.49. The molecule has 0 spiro atoms. The Hall–Kier alpha value is -0.950. The van der Waals surface area contributed by atoms with Crippen LogP contribution in [0, 0.1) is 0 Å². The molecule has 0 amide bonds. The predicted molar refractivity (Wildman–Crippen MR) is 47.9 cm³/mol. The van der Waals surface area contributed by atoms with Gasteiger partial charge in [0.15, 0.2) is 0 Å². The molecule has 1 aromatic heterocycles. The Labute approximate surface area is 70.0 Å². The first-order chi connectivity index (χ1) is 5.42. The summed E-state index contributed by atoms with van der Waals surface area (Å²) in [5.41, 5.74) is 2.32. The van der Waals surface area contributed by atoms with E-state index in [4.69, 9.17) is 11.6 Å². The largest absolute Gasteiger partial charge is 0.361 e. The molecule has 0 bridgehead atoms. The number of hydrogen-bond acceptors (Lipinski definition) is 0. The van der Waals surface area contributed by atoms with E-state index in [0.29, 0.717) is 5.88 Å². The fourth-order valence-electron chi connectivity index (χ4n) is 1.24. The maximum Gasteiger partial charge on any atom is 0.0495 e. The summed E-state index contributed by atoms with van der Waals surface area (Å²) in [5.74, 6) is 0.573. The van der Waals surface area contributed by atoms with Crippen molar-refractivity contribution in [3.05, 3.63) is 36.0 Å². The molecule has 2 aromatic rings. The zero-order valence-electron chi connectivity index (χ0n) is 5.97. The lowest BCUT2D eigenvalue weighted by molar-refractivity contribution is 1.39. The predicted octanol–water partition coefficient (Wildman–Crippen LogP) is 2.91. The lowest BCUT2D eigenvalue weighted by atomic mass is 10.2. The molecule has 0 aliphatic heterocycles. The second kappa shape index (κ2) is 2.59. The van der Waals surface area contributed by atoms with Crippen LogP contribution in [0.1, 0.15) is 5.56 Å². The van der Waals surface area contributed by atoms with Crippen LogP contribution in [0.15, 0.2) is 30.5 Å². The highest BCUT2D eigenvalue weighted by atomic mass is 35.5. The van der Waals surface area contributed by atoms with Crippen molar-refractivity contribution >= 4 is 22.5 Å². The molecule has 0 unspecified atom stereocenters. The van der Waals surface area contributed by atoms with Gasteiger partial charge in [-0.1, -0.05) is 18.2 Å². The first kappa shape index (κ1) is 6.74. The van der Waals surface area contributed by atoms with Crippen LogP contribution in [0.3, 0.4) is 0 Å². The van der Waals surface area contributed by atoms with Crippen LogP contribution < -0.4 is 0 Å². The van der Waals surface area contributed by atoms with Crippen LogP contribution in [-0.4, -0.2) is 4.98 Å². The summed E-state index contributed by atoms with van der Waals surface area (Å²) in [6.45, 7) is 0. The molecule has 0 aliphatic rings. The number of rotatable bonds is 1. The molecule has 56 valence electrons. The van der Waals surface area contributed by atoms with E-state index in [0.717, 1.165) is 5.52 Å². The number of benzene rings is 1. The lowest BCUT2D eigenvalue weighted by Crippen LogP contribution is -1.70. The van der Waals surface area contributed by atoms with Gasteiger partial charge in [-0.15, -0.1) is 11.6 Å². The van der Waals surface area contributed by atoms with Gasteiger partial charge in [0.1, 0.15) is 0 Å². The van der Waals surface area contributed by atoms with Gasteiger partial charge in [-0.25, -0.2) is 0 Å². The van der Waals surface area contributed by atoms with Gasteiger partial charge in [-0.3, -0.25) is 0 Å². The molecule has 0 saturated heterocycles. The Morgan fingerprint density at radius 2 is 2.09 bits per heavy atom. The Balaban J connectivity index is 2.76. The third-order valence-electron chi connectivity index (χ3n) is 1.82. The van der Waals surface area contributed by atoms with Gasteiger partial charge in [-0.05, 0) is 11.6 Å². The summed E-state index contributed by atoms with van der Waals surface area (Å²) >= 11 is 5.73. The Bertz CT molecular complexity index is 364. The van der Waals surface area contributed by atoms with E-state index in [1.165, 1.54) is 10.9 Å². The number of alkyl halides is 1. The molecule has 1 aromatic carbocycles. The molecule has 1 N–H and O–H groups in total. The highest BCUT2D eigenvalue weighted by molar-refractivity contribution is 6.18. The van der Waals surface area contributed by atoms with Crippen LogP contribution in [0.2, 0.25) is 0 Å². The quantitative estimate of drug-likeness (QED) is 0.626. The summed E-state index contributed by atoms with van der Waals surface area (Å²) in [7, 11) is 0. The first-order valence-corrected chi connectivity index (χ1v) is 4.06. The van der Waals surface area contributed by atoms with Crippen LogP contribution >= 0.6 is 11.6 Å². The number of para-hydroxylation sites is 1. The van der Waals surface area contributed by atoms with Gasteiger partial charge in [-0.2, -0.15) is 0 Å². The van der Waals surface area contributed by atoms with E-state index in [2.05, 4.69) is 11.1 Å². The summed E-state index contributed by atoms with van der Waals surface area (Å²) in [5, 5.41) is 1.22. The van der Waals surface area contributed by atoms with E-state index in [1.807, 2.05) is 24.4 Å². The van der Waals surface area contributed by atoms with Crippen molar-refractivity contribution in [2.75, 3.05) is 0 Å². The van der Waals surface area contributed by atoms with Crippen molar-refractivity contribution < 1.29 is 0 Å². The maximum absolute atomic E-state index is 5.73. The minimum atomic E-state index is 0.573. The van der Waals surface area contributed by atoms with Crippen molar-refractivity contribution in [1.29, 1.82) is 0 Å². The number of hydrogen-bond donors (Lipinski definition) is 1. The van der Waals surface area contributed by atoms with E-state index < -0.39 is 0 Å². The normalized spacial score (nSPS) is 10.6. The fourth-order valence-corrected chi connectivity index (χ4v) is 1.46. The Kier molecular flexibility index (Phi) is 1.59. The van der Waals surface area contributed by atoms with E-state index in [-0.39, 0.29) is 0 Å². The molecule has 0 fully saturated rings. The summed E-state index contributed by atoms with van der Waals surface area (Å²) in [4.78, 5) is 3.15. The smallest absolute Gasteiger partial charge is 0.0495 e. The average molecular weight is 166 g/mol. The average Bonchev–Trinajstić information content (AvgIpc) is 2.47. The van der Waals surface area contributed by atoms with Gasteiger partial charge in [0.25, 0.3) is 0 Å². The van der Waals surface area contributed by atoms with E-state index in [9.17, 15) is 0 Å². The molecule has 1 nitrogen and oxygen atoms in total. The zero-order chi connectivity index (χ0) is 7.68. The highest BCUT2D eigenvalue weighted by Gasteiger charge is 1.98. The monoisotopic (exact) mass is 165 g/mol. The molecule has 11 heavy (non-hydrogen) atoms. The minimum Gasteiger partial charge on any atom is -0.361 e. The zero-order valence-corrected chi connectivity index (χ0v) is 6.73. The molecule has 0 radical (unpaired) electrons. The number of nitrogens with one attached hydrogen (secondary N) is 1. The molecule has 0 atom stereocenters. The molecule has 2 rings (SSSR count). The van der Waals surface area contributed by atoms with Crippen molar-refractivity contribution in [1.82, 2.24) is 4.98 Å². The van der Waals surface area contributed by atoms with Gasteiger partial charge >= 0.3 is 0 Å². The van der Waals surface area contributed by atoms with Crippen LogP contribution in [-0.2, 0) is 5.88 Å². The highest BCUT2D eigenvalue weighted by Crippen LogP contribution is 2.18. The van der Waals surface area contributed by atoms with Crippen LogP contribution in [0.4, 0.5) is 0 Å². The number of aromatic nitrogens is 1. The van der Waals surface area contributed by atoms with E-state index >= 15 is 0 Å². The summed E-state index contributed by atoms with van der Waals surface area (Å²) in [6.07, 6.45) is 1.96. The Morgan fingerprint density at radius 1 is 1.27 bits per heavy atom. The van der Waals surface area contributed by atoms with Gasteiger partial charge in [0, 0.05) is 23.0 Å². The van der Waals surface area contributed by atoms with Crippen molar-refractivity contribution in [2.24, 2.45) is 0 Å². The number of fused-ring (bicyclic) bond motifs is 1. The molecule has 0 aliphatic carbocycles. The maximum atomic E-state index is 5.73. The standard InChI is InChI=1S/C9H8ClN/c10-5-7-6-11-9-4-2-1-3-8(7)9/h1-4,6,11H,5H2. The minimum absolute atomic E-state index is 0.573. The number of H-pyrrole nitrogens is 1. The van der Waals surface area contributed by atoms with E-state index in [1.54, 1.807) is 0 Å². The molecule has 1 heterocycles. The second-order valence-corrected chi connectivity index (χ2v) is 2.76. The number of halogens is 1. The molecule has 0 saturated carbocycles. The van der Waals surface area contributed by atoms with Gasteiger partial charge in [0.2, 0.25) is 0 Å². The van der Waals surface area contributed by atoms with Crippen LogP contribution in [0.5, 0.6) is 0 Å². The van der Waals surface area contributed by atoms with Crippen molar-refractivity contribution in [2.45, 2.75) is 5.88 Å². The Morgan fingerprint density at radius 3 is 2.91 bits per heavy atom. The van der Waals surface area contributed by atoms with Crippen molar-refractivity contribution in [3.63, 3.8) is 0 Å². The lowest BCUT2D eigenvalue weighted by Gasteiger charge is -1.89. The fraction of sp³-hybridized carbons (Fsp3) is 0.111. The van der Waals surface area contributed by atoms with Gasteiger partial charge in [0.05, 0.1) is 0 Å². The van der Waals surface area contributed by atoms with Crippen molar-refractivity contribution in [3.8, 4) is 0 Å². The number of aromatic amines is 1. The SMILES string of the molecule is ClCc1c[nH]c2ccccc12. The molecule has 2 heteroatoms. The third kappa shape index (κ3) is 1.02. The van der Waals surface area contributed by atoms with Gasteiger partial charge < -0.3 is 4.98 Å². The topological polar surface area (TPSA) is 15.8 Å². The van der Waals surface area contributed by atoms with Crippen LogP contribution in [0.25, 0.3) is 10.9 Å². The summed E-state index contributed by atoms with van der Waals surface area (Å²) in [6, 6.07) is 8.15. The summed E-state index contributed by atoms with van der Waals surface area (Å²) < 4.78 is 0. The third-order valence-corrected chi connectivity index (χ3v) is 2.11. The molecular formula is C9H8ClN. The first-order valence-electron chi connectivity index (χ1n) is 3.53. The molecular weight excluding hydrogens is 158 g/mol.